The van der Waals surface area contributed by atoms with Crippen LogP contribution in [0.15, 0.2) is 42.6 Å². The van der Waals surface area contributed by atoms with Crippen molar-refractivity contribution in [1.82, 2.24) is 9.88 Å². The van der Waals surface area contributed by atoms with Crippen molar-refractivity contribution in [3.63, 3.8) is 0 Å². The Labute approximate surface area is 155 Å². The third-order valence-electron chi connectivity index (χ3n) is 4.53. The average molecular weight is 381 g/mol. The number of nitrogens with zero attached hydrogens (tertiary/aromatic N) is 3. The quantitative estimate of drug-likeness (QED) is 0.750. The summed E-state index contributed by atoms with van der Waals surface area (Å²) in [6, 6.07) is 8.96. The minimum atomic E-state index is -4.32. The summed E-state index contributed by atoms with van der Waals surface area (Å²) in [5.41, 5.74) is 0.000685. The molecule has 1 saturated heterocycles. The number of halogens is 3. The molecule has 0 radical (unpaired) electrons. The van der Waals surface area contributed by atoms with Gasteiger partial charge in [-0.15, -0.1) is 0 Å². The Morgan fingerprint density at radius 3 is 2.59 bits per heavy atom. The zero-order chi connectivity index (χ0) is 19.3. The highest BCUT2D eigenvalue weighted by Crippen LogP contribution is 2.31. The maximum absolute atomic E-state index is 12.9. The second kappa shape index (κ2) is 8.45. The third kappa shape index (κ3) is 5.01. The molecule has 0 spiro atoms. The van der Waals surface area contributed by atoms with Crippen LogP contribution in [0.25, 0.3) is 0 Å². The van der Waals surface area contributed by atoms with E-state index in [0.717, 1.165) is 25.7 Å². The summed E-state index contributed by atoms with van der Waals surface area (Å²) in [7, 11) is 0. The zero-order valence-corrected chi connectivity index (χ0v) is 14.7. The molecule has 0 amide bonds. The van der Waals surface area contributed by atoms with Crippen molar-refractivity contribution in [3.8, 4) is 5.75 Å². The molecule has 1 fully saturated rings. The second-order valence-electron chi connectivity index (χ2n) is 6.27. The van der Waals surface area contributed by atoms with E-state index in [1.54, 1.807) is 24.4 Å². The van der Waals surface area contributed by atoms with Gasteiger partial charge in [-0.05, 0) is 30.3 Å². The van der Waals surface area contributed by atoms with Crippen LogP contribution < -0.4 is 21.0 Å². The monoisotopic (exact) mass is 381 g/mol. The van der Waals surface area contributed by atoms with Crippen LogP contribution in [-0.2, 0) is 6.18 Å². The van der Waals surface area contributed by atoms with Crippen LogP contribution in [0.2, 0.25) is 0 Å². The largest absolute Gasteiger partial charge is 0.416 e. The average Bonchev–Trinajstić information content (AvgIpc) is 2.68. The van der Waals surface area contributed by atoms with Gasteiger partial charge in [0, 0.05) is 51.2 Å². The number of hydrogen-bond donors (Lipinski definition) is 2. The number of benzene rings is 1. The molecule has 1 aliphatic heterocycles. The number of rotatable bonds is 6. The molecular formula is C18H22F3N5O. The van der Waals surface area contributed by atoms with Crippen LogP contribution in [0, 0.1) is 0 Å². The van der Waals surface area contributed by atoms with E-state index in [4.69, 9.17) is 10.7 Å². The molecule has 0 saturated carbocycles. The lowest BCUT2D eigenvalue weighted by molar-refractivity contribution is -0.137. The topological polar surface area (TPSA) is 66.7 Å². The van der Waals surface area contributed by atoms with Gasteiger partial charge in [-0.25, -0.2) is 4.98 Å². The van der Waals surface area contributed by atoms with Crippen LogP contribution in [0.3, 0.4) is 0 Å². The normalized spacial score (nSPS) is 15.6. The van der Waals surface area contributed by atoms with Crippen molar-refractivity contribution in [3.05, 3.63) is 48.2 Å². The molecule has 0 bridgehead atoms. The van der Waals surface area contributed by atoms with E-state index >= 15 is 0 Å². The number of nitrogens with two attached hydrogens (primary N) is 1. The van der Waals surface area contributed by atoms with Gasteiger partial charge in [-0.1, -0.05) is 6.07 Å². The second-order valence-corrected chi connectivity index (χ2v) is 6.27. The highest BCUT2D eigenvalue weighted by atomic mass is 19.4. The van der Waals surface area contributed by atoms with Gasteiger partial charge in [0.1, 0.15) is 0 Å². The van der Waals surface area contributed by atoms with Gasteiger partial charge in [0.15, 0.2) is 11.6 Å². The predicted molar refractivity (Wildman–Crippen MR) is 97.6 cm³/mol. The van der Waals surface area contributed by atoms with Crippen molar-refractivity contribution >= 4 is 11.5 Å². The molecule has 0 atom stereocenters. The summed E-state index contributed by atoms with van der Waals surface area (Å²) in [5.74, 6) is 6.27. The number of pyridine rings is 1. The van der Waals surface area contributed by atoms with Crippen molar-refractivity contribution in [2.24, 2.45) is 5.90 Å². The standard InChI is InChI=1S/C18H22F3N5O/c19-18(20,21)14-3-1-4-15(13-14)26-11-9-25(10-12-26)8-7-24-17-16(27-22)5-2-6-23-17/h1-6,13H,7-12,22H2,(H,23,24). The van der Waals surface area contributed by atoms with Gasteiger partial charge in [-0.2, -0.15) is 19.1 Å². The first-order chi connectivity index (χ1) is 13.0. The van der Waals surface area contributed by atoms with E-state index in [-0.39, 0.29) is 0 Å². The summed E-state index contributed by atoms with van der Waals surface area (Å²) in [6.45, 7) is 4.37. The van der Waals surface area contributed by atoms with E-state index in [1.807, 2.05) is 4.90 Å². The van der Waals surface area contributed by atoms with E-state index in [2.05, 4.69) is 15.2 Å². The number of anilines is 2. The van der Waals surface area contributed by atoms with Crippen LogP contribution in [0.4, 0.5) is 24.7 Å². The Kier molecular flexibility index (Phi) is 6.02. The van der Waals surface area contributed by atoms with Gasteiger partial charge in [-0.3, -0.25) is 4.90 Å². The van der Waals surface area contributed by atoms with E-state index < -0.39 is 11.7 Å². The van der Waals surface area contributed by atoms with Crippen molar-refractivity contribution in [2.45, 2.75) is 6.18 Å². The third-order valence-corrected chi connectivity index (χ3v) is 4.53. The molecule has 6 nitrogen and oxygen atoms in total. The molecule has 2 heterocycles. The molecule has 0 aliphatic carbocycles. The minimum Gasteiger partial charge on any atom is -0.408 e. The molecule has 0 unspecified atom stereocenters. The van der Waals surface area contributed by atoms with Crippen LogP contribution in [0.5, 0.6) is 5.75 Å². The van der Waals surface area contributed by atoms with E-state index in [9.17, 15) is 13.2 Å². The fourth-order valence-electron chi connectivity index (χ4n) is 3.06. The van der Waals surface area contributed by atoms with E-state index in [1.165, 1.54) is 12.1 Å². The minimum absolute atomic E-state index is 0.479. The molecule has 9 heteroatoms. The fraction of sp³-hybridized carbons (Fsp3) is 0.389. The molecule has 1 aromatic heterocycles. The fourth-order valence-corrected chi connectivity index (χ4v) is 3.06. The Bertz CT molecular complexity index is 748. The number of aromatic nitrogens is 1. The van der Waals surface area contributed by atoms with E-state index in [0.29, 0.717) is 36.9 Å². The molecular weight excluding hydrogens is 359 g/mol. The first kappa shape index (κ1) is 19.2. The van der Waals surface area contributed by atoms with Crippen molar-refractivity contribution in [2.75, 3.05) is 49.5 Å². The van der Waals surface area contributed by atoms with Crippen LogP contribution in [0.1, 0.15) is 5.56 Å². The highest BCUT2D eigenvalue weighted by molar-refractivity contribution is 5.50. The van der Waals surface area contributed by atoms with Gasteiger partial charge in [0.25, 0.3) is 0 Å². The Morgan fingerprint density at radius 2 is 1.89 bits per heavy atom. The molecule has 3 rings (SSSR count). The first-order valence-corrected chi connectivity index (χ1v) is 8.67. The highest BCUT2D eigenvalue weighted by Gasteiger charge is 2.31. The number of alkyl halides is 3. The lowest BCUT2D eigenvalue weighted by Gasteiger charge is -2.36. The van der Waals surface area contributed by atoms with Crippen molar-refractivity contribution < 1.29 is 18.0 Å². The molecule has 146 valence electrons. The molecule has 2 aromatic rings. The van der Waals surface area contributed by atoms with Gasteiger partial charge < -0.3 is 15.1 Å². The Hall–Kier alpha value is -2.52. The summed E-state index contributed by atoms with van der Waals surface area (Å²) in [5, 5.41) is 3.18. The SMILES string of the molecule is NOc1cccnc1NCCN1CCN(c2cccc(C(F)(F)F)c2)CC1. The first-order valence-electron chi connectivity index (χ1n) is 8.67. The maximum atomic E-state index is 12.9. The Morgan fingerprint density at radius 1 is 1.11 bits per heavy atom. The molecule has 27 heavy (non-hydrogen) atoms. The maximum Gasteiger partial charge on any atom is 0.416 e. The number of hydrogen-bond acceptors (Lipinski definition) is 6. The molecule has 1 aromatic carbocycles. The molecule has 3 N–H and O–H groups in total. The predicted octanol–water partition coefficient (Wildman–Crippen LogP) is 2.59. The Balaban J connectivity index is 1.48. The number of piperazine rings is 1. The molecule has 1 aliphatic rings. The smallest absolute Gasteiger partial charge is 0.408 e. The lowest BCUT2D eigenvalue weighted by Crippen LogP contribution is -2.47. The van der Waals surface area contributed by atoms with Gasteiger partial charge in [0.2, 0.25) is 0 Å². The summed E-state index contributed by atoms with van der Waals surface area (Å²) >= 11 is 0. The van der Waals surface area contributed by atoms with Gasteiger partial charge in [0.05, 0.1) is 5.56 Å². The van der Waals surface area contributed by atoms with Crippen molar-refractivity contribution in [1.29, 1.82) is 0 Å². The zero-order valence-electron chi connectivity index (χ0n) is 14.7. The van der Waals surface area contributed by atoms with Crippen LogP contribution in [-0.4, -0.2) is 49.2 Å². The summed E-state index contributed by atoms with van der Waals surface area (Å²) in [4.78, 5) is 13.2. The summed E-state index contributed by atoms with van der Waals surface area (Å²) in [6.07, 6.45) is -2.67. The number of nitrogens with one attached hydrogen (secondary N) is 1. The lowest BCUT2D eigenvalue weighted by atomic mass is 10.1. The summed E-state index contributed by atoms with van der Waals surface area (Å²) < 4.78 is 38.6. The van der Waals surface area contributed by atoms with Gasteiger partial charge >= 0.3 is 6.18 Å². The van der Waals surface area contributed by atoms with Crippen LogP contribution >= 0.6 is 0 Å².